The number of fused-ring (bicyclic) bond motifs is 1. The van der Waals surface area contributed by atoms with Crippen molar-refractivity contribution < 1.29 is 14.7 Å². The van der Waals surface area contributed by atoms with Gasteiger partial charge in [0.15, 0.2) is 0 Å². The summed E-state index contributed by atoms with van der Waals surface area (Å²) in [5, 5.41) is 13.3. The molecule has 3 rings (SSSR count). The van der Waals surface area contributed by atoms with Gasteiger partial charge in [-0.05, 0) is 31.0 Å². The SMILES string of the molecule is Cn1cccc1CCC(=O)N1CCCn2nc(CCC(=O)O)cc2C1. The van der Waals surface area contributed by atoms with Gasteiger partial charge >= 0.3 is 5.97 Å². The topological polar surface area (TPSA) is 80.4 Å². The van der Waals surface area contributed by atoms with Crippen molar-refractivity contribution in [2.45, 2.75) is 45.2 Å². The molecule has 0 spiro atoms. The second kappa shape index (κ2) is 7.55. The van der Waals surface area contributed by atoms with Gasteiger partial charge in [-0.25, -0.2) is 0 Å². The minimum Gasteiger partial charge on any atom is -0.481 e. The molecule has 2 aromatic heterocycles. The molecule has 1 aliphatic heterocycles. The number of aromatic nitrogens is 3. The number of carboxylic acid groups (broad SMARTS) is 1. The van der Waals surface area contributed by atoms with Crippen molar-refractivity contribution in [1.29, 1.82) is 0 Å². The number of carboxylic acids is 1. The first-order valence-corrected chi connectivity index (χ1v) is 8.68. The predicted octanol–water partition coefficient (Wildman–Crippen LogP) is 1.60. The molecule has 1 N–H and O–H groups in total. The Hall–Kier alpha value is -2.57. The van der Waals surface area contributed by atoms with Gasteiger partial charge in [0.1, 0.15) is 0 Å². The predicted molar refractivity (Wildman–Crippen MR) is 92.0 cm³/mol. The number of hydrogen-bond acceptors (Lipinski definition) is 3. The highest BCUT2D eigenvalue weighted by molar-refractivity contribution is 5.76. The average Bonchev–Trinajstić information content (AvgIpc) is 3.10. The highest BCUT2D eigenvalue weighted by Gasteiger charge is 2.20. The zero-order valence-corrected chi connectivity index (χ0v) is 14.5. The van der Waals surface area contributed by atoms with Crippen LogP contribution in [0.5, 0.6) is 0 Å². The summed E-state index contributed by atoms with van der Waals surface area (Å²) in [6.07, 6.45) is 4.60. The van der Waals surface area contributed by atoms with Crippen molar-refractivity contribution in [3.05, 3.63) is 41.5 Å². The Labute approximate surface area is 146 Å². The Kier molecular flexibility index (Phi) is 5.21. The molecule has 7 heteroatoms. The van der Waals surface area contributed by atoms with E-state index in [9.17, 15) is 9.59 Å². The highest BCUT2D eigenvalue weighted by Crippen LogP contribution is 2.16. The molecule has 0 fully saturated rings. The fourth-order valence-electron chi connectivity index (χ4n) is 3.24. The molecule has 0 saturated heterocycles. The first-order chi connectivity index (χ1) is 12.0. The van der Waals surface area contributed by atoms with E-state index in [-0.39, 0.29) is 12.3 Å². The molecule has 134 valence electrons. The Balaban J connectivity index is 1.61. The van der Waals surface area contributed by atoms with Crippen molar-refractivity contribution in [1.82, 2.24) is 19.2 Å². The van der Waals surface area contributed by atoms with Gasteiger partial charge in [-0.1, -0.05) is 0 Å². The molecule has 0 saturated carbocycles. The lowest BCUT2D eigenvalue weighted by Crippen LogP contribution is -2.31. The molecule has 0 unspecified atom stereocenters. The monoisotopic (exact) mass is 344 g/mol. The number of hydrogen-bond donors (Lipinski definition) is 1. The standard InChI is InChI=1S/C18H24N4O3/c1-20-9-2-4-15(20)6-7-17(23)21-10-3-11-22-16(13-21)12-14(19-22)5-8-18(24)25/h2,4,9,12H,3,5-8,10-11,13H2,1H3,(H,24,25). The van der Waals surface area contributed by atoms with Gasteiger partial charge in [-0.15, -0.1) is 0 Å². The summed E-state index contributed by atoms with van der Waals surface area (Å²) in [5.74, 6) is -0.663. The molecule has 3 heterocycles. The van der Waals surface area contributed by atoms with Gasteiger partial charge in [-0.2, -0.15) is 5.10 Å². The van der Waals surface area contributed by atoms with Crippen LogP contribution in [0.1, 0.15) is 36.3 Å². The normalized spacial score (nSPS) is 14.2. The van der Waals surface area contributed by atoms with E-state index in [2.05, 4.69) is 5.10 Å². The number of carbonyl (C=O) groups excluding carboxylic acids is 1. The van der Waals surface area contributed by atoms with Crippen LogP contribution in [-0.2, 0) is 42.6 Å². The van der Waals surface area contributed by atoms with Gasteiger partial charge < -0.3 is 14.6 Å². The zero-order chi connectivity index (χ0) is 17.8. The molecule has 0 aromatic carbocycles. The van der Waals surface area contributed by atoms with E-state index in [1.165, 1.54) is 0 Å². The van der Waals surface area contributed by atoms with E-state index in [0.717, 1.165) is 43.0 Å². The van der Waals surface area contributed by atoms with Gasteiger partial charge in [0.05, 0.1) is 24.4 Å². The maximum Gasteiger partial charge on any atom is 0.303 e. The zero-order valence-electron chi connectivity index (χ0n) is 14.5. The van der Waals surface area contributed by atoms with Crippen molar-refractivity contribution in [2.24, 2.45) is 7.05 Å². The summed E-state index contributed by atoms with van der Waals surface area (Å²) < 4.78 is 3.96. The van der Waals surface area contributed by atoms with Crippen LogP contribution in [0.15, 0.2) is 24.4 Å². The van der Waals surface area contributed by atoms with Gasteiger partial charge in [0, 0.05) is 44.9 Å². The molecule has 0 atom stereocenters. The maximum atomic E-state index is 12.6. The van der Waals surface area contributed by atoms with Crippen LogP contribution >= 0.6 is 0 Å². The van der Waals surface area contributed by atoms with E-state index in [1.54, 1.807) is 0 Å². The molecule has 25 heavy (non-hydrogen) atoms. The lowest BCUT2D eigenvalue weighted by molar-refractivity contribution is -0.137. The van der Waals surface area contributed by atoms with Crippen LogP contribution in [0.2, 0.25) is 0 Å². The Morgan fingerprint density at radius 2 is 2.08 bits per heavy atom. The van der Waals surface area contributed by atoms with Crippen molar-refractivity contribution >= 4 is 11.9 Å². The fraction of sp³-hybridized carbons (Fsp3) is 0.500. The highest BCUT2D eigenvalue weighted by atomic mass is 16.4. The number of carbonyl (C=O) groups is 2. The Bertz CT molecular complexity index is 762. The van der Waals surface area contributed by atoms with Crippen LogP contribution < -0.4 is 0 Å². The molecule has 2 aromatic rings. The van der Waals surface area contributed by atoms with Crippen LogP contribution in [0.25, 0.3) is 0 Å². The van der Waals surface area contributed by atoms with Gasteiger partial charge in [0.2, 0.25) is 5.91 Å². The van der Waals surface area contributed by atoms with Crippen molar-refractivity contribution in [3.63, 3.8) is 0 Å². The van der Waals surface area contributed by atoms with E-state index in [0.29, 0.717) is 19.4 Å². The third-order valence-corrected chi connectivity index (χ3v) is 4.66. The van der Waals surface area contributed by atoms with Crippen LogP contribution in [0, 0.1) is 0 Å². The van der Waals surface area contributed by atoms with E-state index in [1.807, 2.05) is 45.6 Å². The van der Waals surface area contributed by atoms with Crippen molar-refractivity contribution in [2.75, 3.05) is 6.54 Å². The van der Waals surface area contributed by atoms with Crippen LogP contribution in [0.3, 0.4) is 0 Å². The first-order valence-electron chi connectivity index (χ1n) is 8.68. The molecule has 0 aliphatic carbocycles. The second-order valence-corrected chi connectivity index (χ2v) is 6.52. The molecule has 1 aliphatic rings. The molecule has 1 amide bonds. The number of rotatable bonds is 6. The Morgan fingerprint density at radius 1 is 1.24 bits per heavy atom. The smallest absolute Gasteiger partial charge is 0.303 e. The average molecular weight is 344 g/mol. The Morgan fingerprint density at radius 3 is 2.80 bits per heavy atom. The second-order valence-electron chi connectivity index (χ2n) is 6.52. The molecule has 0 radical (unpaired) electrons. The summed E-state index contributed by atoms with van der Waals surface area (Å²) in [5.41, 5.74) is 2.93. The number of amides is 1. The molecule has 0 bridgehead atoms. The summed E-state index contributed by atoms with van der Waals surface area (Å²) in [6, 6.07) is 5.97. The largest absolute Gasteiger partial charge is 0.481 e. The first kappa shape index (κ1) is 17.3. The minimum absolute atomic E-state index is 0.0791. The molecular formula is C18H24N4O3. The summed E-state index contributed by atoms with van der Waals surface area (Å²) in [4.78, 5) is 25.2. The van der Waals surface area contributed by atoms with Crippen molar-refractivity contribution in [3.8, 4) is 0 Å². The lowest BCUT2D eigenvalue weighted by atomic mass is 10.2. The maximum absolute atomic E-state index is 12.6. The van der Waals surface area contributed by atoms with Gasteiger partial charge in [-0.3, -0.25) is 14.3 Å². The van der Waals surface area contributed by atoms with E-state index in [4.69, 9.17) is 5.11 Å². The third kappa shape index (κ3) is 4.29. The summed E-state index contributed by atoms with van der Waals surface area (Å²) >= 11 is 0. The summed E-state index contributed by atoms with van der Waals surface area (Å²) in [6.45, 7) is 2.05. The van der Waals surface area contributed by atoms with Gasteiger partial charge in [0.25, 0.3) is 0 Å². The van der Waals surface area contributed by atoms with Crippen LogP contribution in [0.4, 0.5) is 0 Å². The molecular weight excluding hydrogens is 320 g/mol. The lowest BCUT2D eigenvalue weighted by Gasteiger charge is -2.20. The van der Waals surface area contributed by atoms with Crippen LogP contribution in [-0.4, -0.2) is 42.8 Å². The number of nitrogens with zero attached hydrogens (tertiary/aromatic N) is 4. The quantitative estimate of drug-likeness (QED) is 0.863. The van der Waals surface area contributed by atoms with E-state index < -0.39 is 5.97 Å². The fourth-order valence-corrected chi connectivity index (χ4v) is 3.24. The minimum atomic E-state index is -0.819. The third-order valence-electron chi connectivity index (χ3n) is 4.66. The summed E-state index contributed by atoms with van der Waals surface area (Å²) in [7, 11) is 1.99. The molecule has 7 nitrogen and oxygen atoms in total. The number of aliphatic carboxylic acids is 1. The van der Waals surface area contributed by atoms with E-state index >= 15 is 0 Å². The number of aryl methyl sites for hydroxylation is 4.